The molecule has 2 heterocycles. The molecule has 1 saturated heterocycles. The van der Waals surface area contributed by atoms with Crippen molar-refractivity contribution >= 4 is 28.2 Å². The molecule has 0 amide bonds. The summed E-state index contributed by atoms with van der Waals surface area (Å²) in [5.74, 6) is 1.13. The number of imidazole rings is 1. The molecular weight excluding hydrogens is 340 g/mol. The van der Waals surface area contributed by atoms with E-state index in [0.717, 1.165) is 37.1 Å². The SMILES string of the molecule is Cn1ccnc1SCCCN1CCN(c2cccc3ccccc23)CC1. The van der Waals surface area contributed by atoms with E-state index in [1.54, 1.807) is 0 Å². The first-order chi connectivity index (χ1) is 12.8. The fourth-order valence-electron chi connectivity index (χ4n) is 3.64. The molecule has 1 aliphatic rings. The molecule has 0 saturated carbocycles. The minimum Gasteiger partial charge on any atom is -0.368 e. The van der Waals surface area contributed by atoms with E-state index < -0.39 is 0 Å². The Hall–Kier alpha value is -1.98. The average Bonchev–Trinajstić information content (AvgIpc) is 3.10. The normalized spacial score (nSPS) is 15.7. The summed E-state index contributed by atoms with van der Waals surface area (Å²) in [5.41, 5.74) is 1.38. The van der Waals surface area contributed by atoms with E-state index >= 15 is 0 Å². The standard InChI is InChI=1S/C21H26N4S/c1-23-12-10-22-21(23)26-17-5-11-24-13-15-25(16-14-24)20-9-4-7-18-6-2-3-8-19(18)20/h2-4,6-10,12H,5,11,13-17H2,1H3. The van der Waals surface area contributed by atoms with Gasteiger partial charge in [0.25, 0.3) is 0 Å². The quantitative estimate of drug-likeness (QED) is 0.488. The van der Waals surface area contributed by atoms with Gasteiger partial charge in [-0.1, -0.05) is 48.2 Å². The van der Waals surface area contributed by atoms with Crippen LogP contribution in [0, 0.1) is 0 Å². The predicted octanol–water partition coefficient (Wildman–Crippen LogP) is 3.88. The number of thioether (sulfide) groups is 1. The van der Waals surface area contributed by atoms with Crippen molar-refractivity contribution < 1.29 is 0 Å². The Morgan fingerprint density at radius 3 is 2.62 bits per heavy atom. The molecule has 2 aromatic carbocycles. The van der Waals surface area contributed by atoms with Crippen molar-refractivity contribution in [3.63, 3.8) is 0 Å². The van der Waals surface area contributed by atoms with Crippen molar-refractivity contribution in [3.05, 3.63) is 54.9 Å². The average molecular weight is 367 g/mol. The van der Waals surface area contributed by atoms with Crippen molar-refractivity contribution in [2.75, 3.05) is 43.4 Å². The molecular formula is C21H26N4S. The van der Waals surface area contributed by atoms with Gasteiger partial charge >= 0.3 is 0 Å². The van der Waals surface area contributed by atoms with E-state index in [1.165, 1.54) is 29.4 Å². The number of benzene rings is 2. The monoisotopic (exact) mass is 366 g/mol. The molecule has 1 fully saturated rings. The number of aromatic nitrogens is 2. The van der Waals surface area contributed by atoms with Gasteiger partial charge < -0.3 is 9.47 Å². The second-order valence-corrected chi connectivity index (χ2v) is 7.91. The third-order valence-electron chi connectivity index (χ3n) is 5.11. The van der Waals surface area contributed by atoms with Crippen LogP contribution in [0.3, 0.4) is 0 Å². The number of hydrogen-bond donors (Lipinski definition) is 0. The van der Waals surface area contributed by atoms with E-state index in [4.69, 9.17) is 0 Å². The molecule has 0 atom stereocenters. The Morgan fingerprint density at radius 2 is 1.81 bits per heavy atom. The van der Waals surface area contributed by atoms with Gasteiger partial charge in [0.2, 0.25) is 0 Å². The van der Waals surface area contributed by atoms with Crippen molar-refractivity contribution in [2.45, 2.75) is 11.6 Å². The topological polar surface area (TPSA) is 24.3 Å². The van der Waals surface area contributed by atoms with Gasteiger partial charge in [0.15, 0.2) is 5.16 Å². The van der Waals surface area contributed by atoms with Crippen molar-refractivity contribution in [3.8, 4) is 0 Å². The maximum Gasteiger partial charge on any atom is 0.167 e. The van der Waals surface area contributed by atoms with Gasteiger partial charge in [0, 0.05) is 62.4 Å². The smallest absolute Gasteiger partial charge is 0.167 e. The van der Waals surface area contributed by atoms with Gasteiger partial charge in [-0.25, -0.2) is 4.98 Å². The number of fused-ring (bicyclic) bond motifs is 1. The Morgan fingerprint density at radius 1 is 1.00 bits per heavy atom. The first-order valence-electron chi connectivity index (χ1n) is 9.36. The summed E-state index contributed by atoms with van der Waals surface area (Å²) in [5, 5.41) is 3.82. The van der Waals surface area contributed by atoms with Crippen molar-refractivity contribution in [1.29, 1.82) is 0 Å². The zero-order valence-electron chi connectivity index (χ0n) is 15.3. The zero-order valence-corrected chi connectivity index (χ0v) is 16.2. The molecule has 0 aliphatic carbocycles. The van der Waals surface area contributed by atoms with Crippen LogP contribution in [0.15, 0.2) is 60.0 Å². The van der Waals surface area contributed by atoms with E-state index in [9.17, 15) is 0 Å². The van der Waals surface area contributed by atoms with Gasteiger partial charge in [-0.05, 0) is 24.4 Å². The molecule has 4 nitrogen and oxygen atoms in total. The molecule has 5 heteroatoms. The van der Waals surface area contributed by atoms with Crippen molar-refractivity contribution in [2.24, 2.45) is 7.05 Å². The van der Waals surface area contributed by atoms with Crippen LogP contribution in [0.2, 0.25) is 0 Å². The highest BCUT2D eigenvalue weighted by atomic mass is 32.2. The second-order valence-electron chi connectivity index (χ2n) is 6.85. The third kappa shape index (κ3) is 3.89. The van der Waals surface area contributed by atoms with E-state index in [2.05, 4.69) is 68.9 Å². The van der Waals surface area contributed by atoms with Crippen LogP contribution in [-0.4, -0.2) is 52.9 Å². The summed E-state index contributed by atoms with van der Waals surface area (Å²) >= 11 is 1.86. The van der Waals surface area contributed by atoms with Gasteiger partial charge in [-0.3, -0.25) is 4.90 Å². The molecule has 0 radical (unpaired) electrons. The lowest BCUT2D eigenvalue weighted by molar-refractivity contribution is 0.259. The number of anilines is 1. The lowest BCUT2D eigenvalue weighted by atomic mass is 10.1. The van der Waals surface area contributed by atoms with Crippen LogP contribution in [0.4, 0.5) is 5.69 Å². The number of aryl methyl sites for hydroxylation is 1. The fourth-order valence-corrected chi connectivity index (χ4v) is 4.49. The minimum atomic E-state index is 1.11. The number of hydrogen-bond acceptors (Lipinski definition) is 4. The van der Waals surface area contributed by atoms with Crippen LogP contribution in [0.1, 0.15) is 6.42 Å². The summed E-state index contributed by atoms with van der Waals surface area (Å²) in [4.78, 5) is 9.52. The van der Waals surface area contributed by atoms with Gasteiger partial charge in [-0.15, -0.1) is 0 Å². The number of rotatable bonds is 6. The lowest BCUT2D eigenvalue weighted by Crippen LogP contribution is -2.46. The Labute approximate surface area is 159 Å². The van der Waals surface area contributed by atoms with Gasteiger partial charge in [0.1, 0.15) is 0 Å². The molecule has 4 rings (SSSR count). The Balaban J connectivity index is 1.27. The highest BCUT2D eigenvalue weighted by Crippen LogP contribution is 2.27. The summed E-state index contributed by atoms with van der Waals surface area (Å²) in [6, 6.07) is 15.4. The number of piperazine rings is 1. The highest BCUT2D eigenvalue weighted by Gasteiger charge is 2.18. The second kappa shape index (κ2) is 8.14. The molecule has 26 heavy (non-hydrogen) atoms. The van der Waals surface area contributed by atoms with Gasteiger partial charge in [0.05, 0.1) is 0 Å². The van der Waals surface area contributed by atoms with Crippen LogP contribution in [0.25, 0.3) is 10.8 Å². The number of nitrogens with zero attached hydrogens (tertiary/aromatic N) is 4. The zero-order chi connectivity index (χ0) is 17.8. The van der Waals surface area contributed by atoms with Crippen LogP contribution in [0.5, 0.6) is 0 Å². The van der Waals surface area contributed by atoms with Crippen LogP contribution < -0.4 is 4.90 Å². The molecule has 0 spiro atoms. The highest BCUT2D eigenvalue weighted by molar-refractivity contribution is 7.99. The molecule has 136 valence electrons. The summed E-state index contributed by atoms with van der Waals surface area (Å²) in [6.45, 7) is 5.70. The maximum absolute atomic E-state index is 4.37. The van der Waals surface area contributed by atoms with E-state index in [1.807, 2.05) is 24.2 Å². The lowest BCUT2D eigenvalue weighted by Gasteiger charge is -2.36. The summed E-state index contributed by atoms with van der Waals surface area (Å²) < 4.78 is 2.09. The summed E-state index contributed by atoms with van der Waals surface area (Å²) in [7, 11) is 2.06. The predicted molar refractivity (Wildman–Crippen MR) is 111 cm³/mol. The molecule has 0 N–H and O–H groups in total. The first-order valence-corrected chi connectivity index (χ1v) is 10.3. The largest absolute Gasteiger partial charge is 0.368 e. The molecule has 1 aromatic heterocycles. The molecule has 1 aliphatic heterocycles. The molecule has 3 aromatic rings. The molecule has 0 unspecified atom stereocenters. The van der Waals surface area contributed by atoms with E-state index in [0.29, 0.717) is 0 Å². The van der Waals surface area contributed by atoms with Crippen molar-refractivity contribution in [1.82, 2.24) is 14.5 Å². The molecule has 0 bridgehead atoms. The third-order valence-corrected chi connectivity index (χ3v) is 6.25. The fraction of sp³-hybridized carbons (Fsp3) is 0.381. The first kappa shape index (κ1) is 17.4. The minimum absolute atomic E-state index is 1.11. The summed E-state index contributed by atoms with van der Waals surface area (Å²) in [6.07, 6.45) is 5.09. The van der Waals surface area contributed by atoms with E-state index in [-0.39, 0.29) is 0 Å². The Kier molecular flexibility index (Phi) is 5.46. The van der Waals surface area contributed by atoms with Crippen LogP contribution in [-0.2, 0) is 7.05 Å². The van der Waals surface area contributed by atoms with Gasteiger partial charge in [-0.2, -0.15) is 0 Å². The maximum atomic E-state index is 4.37. The van der Waals surface area contributed by atoms with Crippen LogP contribution >= 0.6 is 11.8 Å². The Bertz CT molecular complexity index is 847.